The molecule has 5 atom stereocenters. The van der Waals surface area contributed by atoms with E-state index >= 15 is 0 Å². The quantitative estimate of drug-likeness (QED) is 0.0759. The van der Waals surface area contributed by atoms with Crippen molar-refractivity contribution >= 4 is 34.8 Å². The summed E-state index contributed by atoms with van der Waals surface area (Å²) in [7, 11) is 2.57. The Morgan fingerprint density at radius 1 is 0.774 bits per heavy atom. The fourth-order valence-corrected chi connectivity index (χ4v) is 8.51. The van der Waals surface area contributed by atoms with E-state index in [0.29, 0.717) is 12.4 Å². The van der Waals surface area contributed by atoms with E-state index in [-0.39, 0.29) is 47.7 Å². The number of carbonyl (C=O) groups is 4. The molecule has 4 amide bonds. The minimum Gasteiger partial charge on any atom is -0.453 e. The van der Waals surface area contributed by atoms with Crippen LogP contribution in [-0.2, 0) is 19.1 Å². The molecular formula is C47H59N9O6. The lowest BCUT2D eigenvalue weighted by atomic mass is 9.98. The number of imidazole rings is 2. The van der Waals surface area contributed by atoms with E-state index in [4.69, 9.17) is 20.2 Å². The van der Waals surface area contributed by atoms with Crippen molar-refractivity contribution in [2.45, 2.75) is 91.0 Å². The van der Waals surface area contributed by atoms with Crippen molar-refractivity contribution in [3.8, 4) is 33.6 Å². The number of ether oxygens (including phenoxy) is 2. The van der Waals surface area contributed by atoms with Crippen LogP contribution in [0.1, 0.15) is 84.5 Å². The van der Waals surface area contributed by atoms with Gasteiger partial charge in [0.1, 0.15) is 23.7 Å². The van der Waals surface area contributed by atoms with Crippen molar-refractivity contribution in [3.05, 3.63) is 84.7 Å². The van der Waals surface area contributed by atoms with Crippen LogP contribution in [0.4, 0.5) is 9.59 Å². The fraction of sp³-hybridized carbons (Fsp3) is 0.447. The van der Waals surface area contributed by atoms with Gasteiger partial charge >= 0.3 is 12.2 Å². The molecule has 6 N–H and O–H groups in total. The first-order valence-corrected chi connectivity index (χ1v) is 21.4. The average molecular weight is 846 g/mol. The Morgan fingerprint density at radius 3 is 1.92 bits per heavy atom. The predicted octanol–water partition coefficient (Wildman–Crippen LogP) is 7.34. The Bertz CT molecular complexity index is 2420. The Balaban J connectivity index is 1.05. The van der Waals surface area contributed by atoms with Gasteiger partial charge in [-0.25, -0.2) is 19.6 Å². The predicted molar refractivity (Wildman–Crippen MR) is 237 cm³/mol. The van der Waals surface area contributed by atoms with Gasteiger partial charge in [-0.15, -0.1) is 0 Å². The lowest BCUT2D eigenvalue weighted by Gasteiger charge is -2.34. The van der Waals surface area contributed by atoms with Crippen LogP contribution in [0, 0.1) is 17.3 Å². The van der Waals surface area contributed by atoms with Gasteiger partial charge in [-0.1, -0.05) is 76.2 Å². The maximum absolute atomic E-state index is 13.9. The third-order valence-corrected chi connectivity index (χ3v) is 12.3. The van der Waals surface area contributed by atoms with Crippen LogP contribution in [0.15, 0.2) is 73.1 Å². The molecule has 1 aliphatic heterocycles. The summed E-state index contributed by atoms with van der Waals surface area (Å²) < 4.78 is 9.59. The number of benzene rings is 3. The molecule has 15 heteroatoms. The summed E-state index contributed by atoms with van der Waals surface area (Å²) in [5, 5.41) is 7.57. The summed E-state index contributed by atoms with van der Waals surface area (Å²) in [5.74, 6) is 0.683. The van der Waals surface area contributed by atoms with Crippen LogP contribution >= 0.6 is 0 Å². The van der Waals surface area contributed by atoms with Crippen molar-refractivity contribution in [2.75, 3.05) is 27.3 Å². The van der Waals surface area contributed by atoms with Gasteiger partial charge < -0.3 is 45.6 Å². The number of alkyl carbamates (subject to hydrolysis) is 2. The summed E-state index contributed by atoms with van der Waals surface area (Å²) in [6, 6.07) is 18.6. The van der Waals surface area contributed by atoms with Crippen molar-refractivity contribution in [1.82, 2.24) is 40.4 Å². The number of nitrogens with zero attached hydrogens (tertiary/aromatic N) is 4. The van der Waals surface area contributed by atoms with Crippen molar-refractivity contribution < 1.29 is 28.7 Å². The van der Waals surface area contributed by atoms with E-state index in [1.165, 1.54) is 14.2 Å². The van der Waals surface area contributed by atoms with Crippen LogP contribution < -0.4 is 16.4 Å². The summed E-state index contributed by atoms with van der Waals surface area (Å²) >= 11 is 0. The molecule has 3 aromatic carbocycles. The van der Waals surface area contributed by atoms with Crippen LogP contribution in [0.3, 0.4) is 0 Å². The summed E-state index contributed by atoms with van der Waals surface area (Å²) in [6.45, 7) is 12.2. The first kappa shape index (κ1) is 43.9. The summed E-state index contributed by atoms with van der Waals surface area (Å²) in [6.07, 6.45) is 5.32. The number of likely N-dealkylation sites (tertiary alicyclic amines) is 1. The van der Waals surface area contributed by atoms with Gasteiger partial charge in [-0.05, 0) is 90.0 Å². The van der Waals surface area contributed by atoms with Gasteiger partial charge in [-0.2, -0.15) is 0 Å². The molecule has 328 valence electrons. The summed E-state index contributed by atoms with van der Waals surface area (Å²) in [5.41, 5.74) is 12.1. The second-order valence-electron chi connectivity index (χ2n) is 17.8. The molecule has 7 rings (SSSR count). The zero-order chi connectivity index (χ0) is 44.5. The molecule has 0 unspecified atom stereocenters. The number of rotatable bonds is 14. The number of carbonyl (C=O) groups excluding carboxylic acids is 4. The molecule has 1 aliphatic carbocycles. The molecule has 0 bridgehead atoms. The van der Waals surface area contributed by atoms with Crippen LogP contribution in [0.2, 0.25) is 0 Å². The van der Waals surface area contributed by atoms with Gasteiger partial charge in [0, 0.05) is 24.7 Å². The molecular weight excluding hydrogens is 787 g/mol. The Morgan fingerprint density at radius 2 is 1.32 bits per heavy atom. The molecule has 1 saturated heterocycles. The minimum atomic E-state index is -0.794. The summed E-state index contributed by atoms with van der Waals surface area (Å²) in [4.78, 5) is 71.8. The lowest BCUT2D eigenvalue weighted by Crippen LogP contribution is -2.53. The number of nitrogens with one attached hydrogen (secondary N) is 4. The highest BCUT2D eigenvalue weighted by molar-refractivity contribution is 5.91. The van der Waals surface area contributed by atoms with Gasteiger partial charge in [-0.3, -0.25) is 9.59 Å². The Labute approximate surface area is 362 Å². The van der Waals surface area contributed by atoms with E-state index in [1.807, 2.05) is 52.6 Å². The third kappa shape index (κ3) is 9.32. The smallest absolute Gasteiger partial charge is 0.407 e. The number of methoxy groups -OCH3 is 2. The number of aromatic amines is 2. The topological polar surface area (TPSA) is 201 Å². The second kappa shape index (κ2) is 18.0. The maximum atomic E-state index is 13.9. The third-order valence-electron chi connectivity index (χ3n) is 12.3. The normalized spacial score (nSPS) is 17.5. The molecule has 1 saturated carbocycles. The maximum Gasteiger partial charge on any atom is 0.407 e. The largest absolute Gasteiger partial charge is 0.453 e. The van der Waals surface area contributed by atoms with Crippen LogP contribution in [0.5, 0.6) is 0 Å². The molecule has 62 heavy (non-hydrogen) atoms. The highest BCUT2D eigenvalue weighted by Crippen LogP contribution is 2.58. The standard InChI is InChI=1S/C47H59N9O6/c1-26(2)39(53-45(59)61-7)43(57)55(24-28(5)48)29(6)41-49-23-37(51-41)35-16-15-33-19-32(13-14-34(33)20-35)30-9-11-31(12-10-30)36-22-50-42(52-36)38-21-47(17-18-47)25-56(38)44(58)40(27(3)4)54-46(60)62-8/h9-16,19-20,22-23,26-29,38-40H,17-18,21,24-25,48H2,1-8H3,(H,49,51)(H,50,52)(H,53,59)(H,54,60)/t28-,29-,38-,39-,40-/m0/s1. The van der Waals surface area contributed by atoms with E-state index in [0.717, 1.165) is 69.5 Å². The monoisotopic (exact) mass is 845 g/mol. The fourth-order valence-electron chi connectivity index (χ4n) is 8.51. The van der Waals surface area contributed by atoms with Crippen molar-refractivity contribution in [3.63, 3.8) is 0 Å². The van der Waals surface area contributed by atoms with E-state index in [9.17, 15) is 19.2 Å². The zero-order valence-electron chi connectivity index (χ0n) is 36.8. The molecule has 15 nitrogen and oxygen atoms in total. The molecule has 1 spiro atoms. The molecule has 3 heterocycles. The number of aromatic nitrogens is 4. The highest BCUT2D eigenvalue weighted by Gasteiger charge is 2.55. The van der Waals surface area contributed by atoms with Gasteiger partial charge in [0.2, 0.25) is 11.8 Å². The molecule has 0 radical (unpaired) electrons. The van der Waals surface area contributed by atoms with E-state index < -0.39 is 30.3 Å². The van der Waals surface area contributed by atoms with Crippen LogP contribution in [0.25, 0.3) is 44.4 Å². The van der Waals surface area contributed by atoms with Gasteiger partial charge in [0.05, 0.1) is 50.1 Å². The average Bonchev–Trinajstić information content (AvgIpc) is 3.60. The van der Waals surface area contributed by atoms with Crippen LogP contribution in [-0.4, -0.2) is 99.2 Å². The number of fused-ring (bicyclic) bond motifs is 1. The SMILES string of the molecule is COC(=O)N[C@H](C(=O)N(C[C@H](C)N)[C@@H](C)c1ncc(-c2ccc3cc(-c4ccc(-c5cnc([C@@H]6CC7(CC7)CN6C(=O)[C@@H](NC(=O)OC)C(C)C)[nH]5)cc4)ccc3c2)[nH]1)C(C)C. The van der Waals surface area contributed by atoms with E-state index in [2.05, 4.69) is 86.2 Å². The van der Waals surface area contributed by atoms with E-state index in [1.54, 1.807) is 11.1 Å². The molecule has 2 aromatic heterocycles. The highest BCUT2D eigenvalue weighted by atomic mass is 16.5. The molecule has 5 aromatic rings. The second-order valence-corrected chi connectivity index (χ2v) is 17.8. The Kier molecular flexibility index (Phi) is 12.7. The van der Waals surface area contributed by atoms with Gasteiger partial charge in [0.15, 0.2) is 0 Å². The minimum absolute atomic E-state index is 0.109. The van der Waals surface area contributed by atoms with Gasteiger partial charge in [0.25, 0.3) is 0 Å². The first-order chi connectivity index (χ1) is 29.6. The molecule has 2 aliphatic rings. The lowest BCUT2D eigenvalue weighted by molar-refractivity contribution is -0.137. The number of nitrogens with two attached hydrogens (primary N) is 1. The number of H-pyrrole nitrogens is 2. The zero-order valence-corrected chi connectivity index (χ0v) is 36.8. The number of hydrogen-bond donors (Lipinski definition) is 5. The number of hydrogen-bond acceptors (Lipinski definition) is 9. The first-order valence-electron chi connectivity index (χ1n) is 21.4. The number of amides is 4. The molecule has 2 fully saturated rings. The Hall–Kier alpha value is -6.22. The van der Waals surface area contributed by atoms with Crippen molar-refractivity contribution in [1.29, 1.82) is 0 Å². The van der Waals surface area contributed by atoms with Crippen molar-refractivity contribution in [2.24, 2.45) is 23.0 Å².